The SMILES string of the molecule is CC#CCN1C(N2CCC[C@@H](NC(=O)c3ccccc3C(=O)N3CCC[C@@H](N)C3)C2)=NC2C1C(=O)N(Cc1nc(C)c3ccccc3n1)C(=O)N2C. The molecule has 14 nitrogen and oxygen atoms in total. The predicted octanol–water partition coefficient (Wildman–Crippen LogP) is 2.18. The van der Waals surface area contributed by atoms with Gasteiger partial charge < -0.3 is 30.7 Å². The van der Waals surface area contributed by atoms with Crippen molar-refractivity contribution in [2.45, 2.75) is 70.4 Å². The molecular formula is C38H44N10O4. The van der Waals surface area contributed by atoms with E-state index < -0.39 is 24.1 Å². The molecule has 3 aromatic rings. The molecule has 14 heteroatoms. The van der Waals surface area contributed by atoms with Gasteiger partial charge in [-0.15, -0.1) is 5.92 Å². The van der Waals surface area contributed by atoms with Crippen LogP contribution in [0.5, 0.6) is 0 Å². The molecule has 5 heterocycles. The number of hydrogen-bond donors (Lipinski definition) is 2. The van der Waals surface area contributed by atoms with Gasteiger partial charge in [0.15, 0.2) is 12.2 Å². The Kier molecular flexibility index (Phi) is 9.79. The number of aromatic nitrogens is 2. The molecule has 3 saturated heterocycles. The largest absolute Gasteiger partial charge is 0.348 e. The van der Waals surface area contributed by atoms with Crippen LogP contribution in [-0.2, 0) is 11.3 Å². The quantitative estimate of drug-likeness (QED) is 0.367. The lowest BCUT2D eigenvalue weighted by Gasteiger charge is -2.42. The van der Waals surface area contributed by atoms with Gasteiger partial charge in [-0.3, -0.25) is 19.3 Å². The van der Waals surface area contributed by atoms with E-state index in [4.69, 9.17) is 10.7 Å². The summed E-state index contributed by atoms with van der Waals surface area (Å²) >= 11 is 0. The molecule has 52 heavy (non-hydrogen) atoms. The van der Waals surface area contributed by atoms with Crippen molar-refractivity contribution in [2.24, 2.45) is 10.7 Å². The van der Waals surface area contributed by atoms with Gasteiger partial charge in [0.25, 0.3) is 17.7 Å². The molecule has 4 aliphatic rings. The van der Waals surface area contributed by atoms with Crippen LogP contribution in [0.3, 0.4) is 0 Å². The second-order valence-electron chi connectivity index (χ2n) is 13.9. The number of benzene rings is 2. The van der Waals surface area contributed by atoms with Crippen LogP contribution < -0.4 is 11.1 Å². The molecule has 0 aliphatic carbocycles. The van der Waals surface area contributed by atoms with Gasteiger partial charge in [-0.05, 0) is 57.7 Å². The van der Waals surface area contributed by atoms with Gasteiger partial charge in [-0.2, -0.15) is 0 Å². The molecule has 4 atom stereocenters. The highest BCUT2D eigenvalue weighted by Crippen LogP contribution is 2.31. The molecule has 0 saturated carbocycles. The average molecular weight is 705 g/mol. The van der Waals surface area contributed by atoms with Crippen LogP contribution in [-0.4, -0.2) is 128 Å². The smallest absolute Gasteiger partial charge is 0.328 e. The summed E-state index contributed by atoms with van der Waals surface area (Å²) in [6.45, 7) is 5.92. The van der Waals surface area contributed by atoms with E-state index in [-0.39, 0.29) is 37.0 Å². The summed E-state index contributed by atoms with van der Waals surface area (Å²) in [5.41, 5.74) is 8.33. The third-order valence-electron chi connectivity index (χ3n) is 10.3. The fourth-order valence-corrected chi connectivity index (χ4v) is 7.69. The molecule has 4 aliphatic heterocycles. The summed E-state index contributed by atoms with van der Waals surface area (Å²) in [5, 5.41) is 4.07. The van der Waals surface area contributed by atoms with Crippen molar-refractivity contribution in [1.29, 1.82) is 0 Å². The number of aryl methyl sites for hydroxylation is 1. The fourth-order valence-electron chi connectivity index (χ4n) is 7.69. The van der Waals surface area contributed by atoms with Crippen molar-refractivity contribution in [3.63, 3.8) is 0 Å². The van der Waals surface area contributed by atoms with E-state index in [0.717, 1.165) is 42.3 Å². The zero-order valence-electron chi connectivity index (χ0n) is 29.8. The lowest BCUT2D eigenvalue weighted by Crippen LogP contribution is -2.65. The zero-order valence-corrected chi connectivity index (χ0v) is 29.8. The average Bonchev–Trinajstić information content (AvgIpc) is 3.54. The van der Waals surface area contributed by atoms with Crippen LogP contribution in [0.25, 0.3) is 10.9 Å². The van der Waals surface area contributed by atoms with Gasteiger partial charge in [0.2, 0.25) is 5.96 Å². The van der Waals surface area contributed by atoms with Crippen LogP contribution >= 0.6 is 0 Å². The van der Waals surface area contributed by atoms with Gasteiger partial charge in [-0.1, -0.05) is 36.3 Å². The number of urea groups is 1. The molecule has 1 aromatic heterocycles. The lowest BCUT2D eigenvalue weighted by molar-refractivity contribution is -0.138. The van der Waals surface area contributed by atoms with Crippen molar-refractivity contribution in [2.75, 3.05) is 39.8 Å². The summed E-state index contributed by atoms with van der Waals surface area (Å²) < 4.78 is 0. The standard InChI is InChI=1S/C38H44N10O4/c1-4-5-20-47-32-33(44(3)38(52)48(36(32)51)23-31-40-24(2)27-14-8-9-17-30(27)42-31)43-37(47)46-19-11-13-26(22-46)41-34(49)28-15-6-7-16-29(28)35(50)45-18-10-12-25(39)21-45/h6-9,14-17,25-26,32-33H,10-13,18-23,39H2,1-3H3,(H,41,49)/t25-,26-,32?,33?/m1/s1. The molecule has 3 fully saturated rings. The number of piperidine rings is 2. The van der Waals surface area contributed by atoms with Crippen molar-refractivity contribution in [3.05, 3.63) is 71.2 Å². The van der Waals surface area contributed by atoms with Crippen molar-refractivity contribution in [3.8, 4) is 11.8 Å². The highest BCUT2D eigenvalue weighted by Gasteiger charge is 2.53. The Morgan fingerprint density at radius 1 is 0.981 bits per heavy atom. The first kappa shape index (κ1) is 34.9. The number of fused-ring (bicyclic) bond motifs is 2. The third-order valence-corrected chi connectivity index (χ3v) is 10.3. The molecule has 3 N–H and O–H groups in total. The number of likely N-dealkylation sites (N-methyl/N-ethyl adjacent to an activating group) is 1. The maximum atomic E-state index is 14.2. The summed E-state index contributed by atoms with van der Waals surface area (Å²) in [6.07, 6.45) is 2.44. The predicted molar refractivity (Wildman–Crippen MR) is 195 cm³/mol. The van der Waals surface area contributed by atoms with Gasteiger partial charge in [-0.25, -0.2) is 19.8 Å². The summed E-state index contributed by atoms with van der Waals surface area (Å²) in [6, 6.07) is 12.9. The minimum Gasteiger partial charge on any atom is -0.348 e. The molecule has 5 amide bonds. The molecule has 2 unspecified atom stereocenters. The molecule has 0 bridgehead atoms. The van der Waals surface area contributed by atoms with Gasteiger partial charge in [0, 0.05) is 56.4 Å². The molecule has 0 radical (unpaired) electrons. The molecule has 0 spiro atoms. The minimum atomic E-state index is -0.795. The number of nitrogens with one attached hydrogen (secondary N) is 1. The first-order valence-electron chi connectivity index (χ1n) is 17.9. The van der Waals surface area contributed by atoms with Crippen LogP contribution in [0.4, 0.5) is 4.79 Å². The monoisotopic (exact) mass is 704 g/mol. The first-order valence-corrected chi connectivity index (χ1v) is 17.9. The molecular weight excluding hydrogens is 660 g/mol. The topological polar surface area (TPSA) is 161 Å². The van der Waals surface area contributed by atoms with Crippen molar-refractivity contribution in [1.82, 2.24) is 39.8 Å². The Morgan fingerprint density at radius 3 is 2.52 bits per heavy atom. The van der Waals surface area contributed by atoms with Crippen LogP contribution in [0.15, 0.2) is 53.5 Å². The number of aliphatic imine (C=N–C) groups is 1. The Hall–Kier alpha value is -5.55. The summed E-state index contributed by atoms with van der Waals surface area (Å²) in [7, 11) is 1.65. The highest BCUT2D eigenvalue weighted by molar-refractivity contribution is 6.07. The fraction of sp³-hybridized carbons (Fsp3) is 0.447. The maximum absolute atomic E-state index is 14.2. The Balaban J connectivity index is 1.09. The minimum absolute atomic E-state index is 0.0729. The number of carbonyl (C=O) groups is 4. The second-order valence-corrected chi connectivity index (χ2v) is 13.9. The number of nitrogens with zero attached hydrogens (tertiary/aromatic N) is 8. The normalized spacial score (nSPS) is 23.3. The molecule has 2 aromatic carbocycles. The number of carbonyl (C=O) groups excluding carboxylic acids is 4. The number of guanidine groups is 1. The van der Waals surface area contributed by atoms with E-state index in [2.05, 4.69) is 32.0 Å². The third kappa shape index (κ3) is 6.64. The number of hydrogen-bond acceptors (Lipinski definition) is 10. The Labute approximate surface area is 303 Å². The number of nitrogens with two attached hydrogens (primary N) is 1. The molecule has 7 rings (SSSR count). The Bertz CT molecular complexity index is 2010. The van der Waals surface area contributed by atoms with Gasteiger partial charge >= 0.3 is 6.03 Å². The van der Waals surface area contributed by atoms with Crippen molar-refractivity contribution >= 4 is 40.6 Å². The number of rotatable bonds is 6. The van der Waals surface area contributed by atoms with E-state index in [0.29, 0.717) is 49.1 Å². The van der Waals surface area contributed by atoms with E-state index >= 15 is 0 Å². The number of likely N-dealkylation sites (tertiary alicyclic amines) is 2. The summed E-state index contributed by atoms with van der Waals surface area (Å²) in [4.78, 5) is 77.8. The van der Waals surface area contributed by atoms with E-state index in [1.54, 1.807) is 43.1 Å². The first-order chi connectivity index (χ1) is 25.1. The summed E-state index contributed by atoms with van der Waals surface area (Å²) in [5.74, 6) is 6.05. The number of imide groups is 1. The Morgan fingerprint density at radius 2 is 1.73 bits per heavy atom. The van der Waals surface area contributed by atoms with Crippen LogP contribution in [0, 0.1) is 18.8 Å². The van der Waals surface area contributed by atoms with E-state index in [1.165, 1.54) is 9.80 Å². The zero-order chi connectivity index (χ0) is 36.5. The van der Waals surface area contributed by atoms with E-state index in [9.17, 15) is 19.2 Å². The van der Waals surface area contributed by atoms with E-state index in [1.807, 2.05) is 36.1 Å². The van der Waals surface area contributed by atoms with Crippen LogP contribution in [0.2, 0.25) is 0 Å². The number of amides is 5. The molecule has 270 valence electrons. The highest BCUT2D eigenvalue weighted by atomic mass is 16.2. The number of para-hydroxylation sites is 1. The maximum Gasteiger partial charge on any atom is 0.328 e. The second kappa shape index (κ2) is 14.6. The van der Waals surface area contributed by atoms with Crippen LogP contribution in [0.1, 0.15) is 64.8 Å². The van der Waals surface area contributed by atoms with Gasteiger partial charge in [0.1, 0.15) is 5.82 Å². The lowest BCUT2D eigenvalue weighted by atomic mass is 10.0. The van der Waals surface area contributed by atoms with Crippen molar-refractivity contribution < 1.29 is 19.2 Å². The van der Waals surface area contributed by atoms with Gasteiger partial charge in [0.05, 0.1) is 29.7 Å².